The Bertz CT molecular complexity index is 483. The van der Waals surface area contributed by atoms with Gasteiger partial charge in [0, 0.05) is 4.88 Å². The second kappa shape index (κ2) is 4.63. The number of thiazole rings is 1. The van der Waals surface area contributed by atoms with E-state index in [1.165, 1.54) is 29.1 Å². The van der Waals surface area contributed by atoms with Crippen LogP contribution in [0.4, 0.5) is 0 Å². The highest BCUT2D eigenvalue weighted by molar-refractivity contribution is 7.12. The first-order chi connectivity index (χ1) is 8.34. The number of hydrogen-bond acceptors (Lipinski definition) is 4. The lowest BCUT2D eigenvalue weighted by molar-refractivity contribution is 0.411. The smallest absolute Gasteiger partial charge is 0.153 e. The van der Waals surface area contributed by atoms with E-state index in [2.05, 4.69) is 12.2 Å². The van der Waals surface area contributed by atoms with Gasteiger partial charge in [-0.05, 0) is 38.4 Å². The van der Waals surface area contributed by atoms with Crippen molar-refractivity contribution in [1.82, 2.24) is 10.3 Å². The molecule has 1 aliphatic heterocycles. The topological polar surface area (TPSA) is 38.1 Å². The molecule has 1 atom stereocenters. The molecule has 1 fully saturated rings. The van der Waals surface area contributed by atoms with Gasteiger partial charge < -0.3 is 9.73 Å². The number of piperidine rings is 1. The zero-order valence-corrected chi connectivity index (χ0v) is 10.7. The summed E-state index contributed by atoms with van der Waals surface area (Å²) in [6.07, 6.45) is 5.48. The van der Waals surface area contributed by atoms with Gasteiger partial charge in [-0.15, -0.1) is 11.3 Å². The van der Waals surface area contributed by atoms with Crippen LogP contribution < -0.4 is 5.32 Å². The summed E-state index contributed by atoms with van der Waals surface area (Å²) in [5, 5.41) is 4.74. The third-order valence-electron chi connectivity index (χ3n) is 3.18. The number of hydrogen-bond donors (Lipinski definition) is 1. The Morgan fingerprint density at radius 1 is 1.47 bits per heavy atom. The molecular weight excluding hydrogens is 232 g/mol. The highest BCUT2D eigenvalue weighted by Gasteiger charge is 2.20. The molecule has 3 rings (SSSR count). The molecular formula is C13H16N2OS. The summed E-state index contributed by atoms with van der Waals surface area (Å²) in [6.45, 7) is 3.22. The Morgan fingerprint density at radius 3 is 3.12 bits per heavy atom. The monoisotopic (exact) mass is 248 g/mol. The van der Waals surface area contributed by atoms with Crippen LogP contribution in [0, 0.1) is 6.92 Å². The van der Waals surface area contributed by atoms with E-state index in [0.29, 0.717) is 6.04 Å². The zero-order chi connectivity index (χ0) is 11.7. The van der Waals surface area contributed by atoms with Gasteiger partial charge in [-0.3, -0.25) is 0 Å². The third kappa shape index (κ3) is 2.15. The van der Waals surface area contributed by atoms with Crippen molar-refractivity contribution in [2.45, 2.75) is 32.2 Å². The van der Waals surface area contributed by atoms with Crippen LogP contribution in [-0.2, 0) is 0 Å². The number of aromatic nitrogens is 1. The average molecular weight is 248 g/mol. The standard InChI is InChI=1S/C13H16N2OS/c1-9-12(11-6-4-8-16-11)15-13(17-9)10-5-2-3-7-14-10/h4,6,8,10,14H,2-3,5,7H2,1H3. The number of furan rings is 1. The number of nitrogens with one attached hydrogen (secondary N) is 1. The van der Waals surface area contributed by atoms with Crippen LogP contribution in [0.2, 0.25) is 0 Å². The summed E-state index contributed by atoms with van der Waals surface area (Å²) in [4.78, 5) is 5.98. The molecule has 0 amide bonds. The summed E-state index contributed by atoms with van der Waals surface area (Å²) < 4.78 is 5.42. The number of aryl methyl sites for hydroxylation is 1. The molecule has 1 N–H and O–H groups in total. The molecule has 90 valence electrons. The molecule has 0 aromatic carbocycles. The summed E-state index contributed by atoms with van der Waals surface area (Å²) >= 11 is 1.79. The van der Waals surface area contributed by atoms with E-state index in [4.69, 9.17) is 9.40 Å². The second-order valence-corrected chi connectivity index (χ2v) is 5.67. The Balaban J connectivity index is 1.90. The first-order valence-electron chi connectivity index (χ1n) is 6.09. The van der Waals surface area contributed by atoms with E-state index in [1.807, 2.05) is 12.1 Å². The minimum absolute atomic E-state index is 0.441. The zero-order valence-electron chi connectivity index (χ0n) is 9.90. The Morgan fingerprint density at radius 2 is 2.41 bits per heavy atom. The fourth-order valence-electron chi connectivity index (χ4n) is 2.27. The Kier molecular flexibility index (Phi) is 2.99. The average Bonchev–Trinajstić information content (AvgIpc) is 2.99. The third-order valence-corrected chi connectivity index (χ3v) is 4.26. The highest BCUT2D eigenvalue weighted by Crippen LogP contribution is 2.33. The van der Waals surface area contributed by atoms with Gasteiger partial charge in [0.2, 0.25) is 0 Å². The van der Waals surface area contributed by atoms with Crippen LogP contribution in [0.15, 0.2) is 22.8 Å². The van der Waals surface area contributed by atoms with Crippen molar-refractivity contribution in [2.75, 3.05) is 6.54 Å². The van der Waals surface area contributed by atoms with Crippen molar-refractivity contribution < 1.29 is 4.42 Å². The SMILES string of the molecule is Cc1sc(C2CCCCN2)nc1-c1ccco1. The fraction of sp³-hybridized carbons (Fsp3) is 0.462. The van der Waals surface area contributed by atoms with Crippen molar-refractivity contribution in [3.63, 3.8) is 0 Å². The summed E-state index contributed by atoms with van der Waals surface area (Å²) in [6, 6.07) is 4.32. The molecule has 0 bridgehead atoms. The first kappa shape index (κ1) is 11.0. The largest absolute Gasteiger partial charge is 0.463 e. The van der Waals surface area contributed by atoms with E-state index >= 15 is 0 Å². The first-order valence-corrected chi connectivity index (χ1v) is 6.91. The molecule has 1 aliphatic rings. The predicted octanol–water partition coefficient (Wildman–Crippen LogP) is 3.53. The van der Waals surface area contributed by atoms with Gasteiger partial charge >= 0.3 is 0 Å². The number of nitrogens with zero attached hydrogens (tertiary/aromatic N) is 1. The normalized spacial score (nSPS) is 20.6. The van der Waals surface area contributed by atoms with E-state index in [9.17, 15) is 0 Å². The maximum Gasteiger partial charge on any atom is 0.153 e. The lowest BCUT2D eigenvalue weighted by Gasteiger charge is -2.21. The molecule has 0 aliphatic carbocycles. The van der Waals surface area contributed by atoms with E-state index < -0.39 is 0 Å². The van der Waals surface area contributed by atoms with Crippen molar-refractivity contribution in [2.24, 2.45) is 0 Å². The quantitative estimate of drug-likeness (QED) is 0.883. The van der Waals surface area contributed by atoms with E-state index in [-0.39, 0.29) is 0 Å². The van der Waals surface area contributed by atoms with Gasteiger partial charge in [0.05, 0.1) is 12.3 Å². The van der Waals surface area contributed by atoms with Crippen LogP contribution in [-0.4, -0.2) is 11.5 Å². The van der Waals surface area contributed by atoms with Crippen LogP contribution in [0.5, 0.6) is 0 Å². The van der Waals surface area contributed by atoms with Crippen molar-refractivity contribution in [1.29, 1.82) is 0 Å². The van der Waals surface area contributed by atoms with E-state index in [1.54, 1.807) is 17.6 Å². The molecule has 4 heteroatoms. The van der Waals surface area contributed by atoms with E-state index in [0.717, 1.165) is 18.0 Å². The summed E-state index contributed by atoms with van der Waals surface area (Å²) in [5.74, 6) is 0.876. The van der Waals surface area contributed by atoms with Gasteiger partial charge in [0.15, 0.2) is 5.76 Å². The maximum atomic E-state index is 5.42. The summed E-state index contributed by atoms with van der Waals surface area (Å²) in [7, 11) is 0. The minimum Gasteiger partial charge on any atom is -0.463 e. The molecule has 2 aromatic rings. The molecule has 1 unspecified atom stereocenters. The van der Waals surface area contributed by atoms with Crippen LogP contribution in [0.25, 0.3) is 11.5 Å². The minimum atomic E-state index is 0.441. The maximum absolute atomic E-state index is 5.42. The van der Waals surface area contributed by atoms with Crippen LogP contribution in [0.1, 0.15) is 35.2 Å². The lowest BCUT2D eigenvalue weighted by Crippen LogP contribution is -2.26. The number of rotatable bonds is 2. The van der Waals surface area contributed by atoms with Gasteiger partial charge in [-0.25, -0.2) is 4.98 Å². The molecule has 0 saturated carbocycles. The van der Waals surface area contributed by atoms with Gasteiger partial charge in [0.1, 0.15) is 10.7 Å². The molecule has 2 aromatic heterocycles. The Labute approximate surface area is 105 Å². The van der Waals surface area contributed by atoms with Crippen molar-refractivity contribution in [3.05, 3.63) is 28.3 Å². The molecule has 0 spiro atoms. The second-order valence-electron chi connectivity index (χ2n) is 4.44. The van der Waals surface area contributed by atoms with Crippen LogP contribution in [0.3, 0.4) is 0 Å². The molecule has 0 radical (unpaired) electrons. The fourth-order valence-corrected chi connectivity index (χ4v) is 3.31. The molecule has 3 nitrogen and oxygen atoms in total. The van der Waals surface area contributed by atoms with Crippen LogP contribution >= 0.6 is 11.3 Å². The van der Waals surface area contributed by atoms with Gasteiger partial charge in [0.25, 0.3) is 0 Å². The van der Waals surface area contributed by atoms with Gasteiger partial charge in [-0.2, -0.15) is 0 Å². The molecule has 17 heavy (non-hydrogen) atoms. The predicted molar refractivity (Wildman–Crippen MR) is 69.1 cm³/mol. The highest BCUT2D eigenvalue weighted by atomic mass is 32.1. The Hall–Kier alpha value is -1.13. The lowest BCUT2D eigenvalue weighted by atomic mass is 10.1. The van der Waals surface area contributed by atoms with Gasteiger partial charge in [-0.1, -0.05) is 6.42 Å². The summed E-state index contributed by atoms with van der Waals surface area (Å²) in [5.41, 5.74) is 1.00. The molecule has 1 saturated heterocycles. The molecule has 3 heterocycles. The van der Waals surface area contributed by atoms with Crippen molar-refractivity contribution >= 4 is 11.3 Å². The van der Waals surface area contributed by atoms with Crippen molar-refractivity contribution in [3.8, 4) is 11.5 Å².